The maximum absolute atomic E-state index is 13.9. The largest absolute Gasteiger partial charge is 0.445 e. The van der Waals surface area contributed by atoms with Gasteiger partial charge in [0.1, 0.15) is 18.2 Å². The monoisotopic (exact) mass is 568 g/mol. The van der Waals surface area contributed by atoms with Crippen molar-refractivity contribution in [3.8, 4) is 0 Å². The van der Waals surface area contributed by atoms with Gasteiger partial charge >= 0.3 is 6.09 Å². The fourth-order valence-corrected chi connectivity index (χ4v) is 5.91. The molecule has 5 rings (SSSR count). The Balaban J connectivity index is 1.17. The Bertz CT molecular complexity index is 1310. The molecule has 2 N–H and O–H groups in total. The molecule has 0 unspecified atom stereocenters. The molecule has 0 aliphatic carbocycles. The highest BCUT2D eigenvalue weighted by atomic mass is 16.5. The lowest BCUT2D eigenvalue weighted by Crippen LogP contribution is -2.72. The van der Waals surface area contributed by atoms with E-state index in [0.717, 1.165) is 37.2 Å². The van der Waals surface area contributed by atoms with Gasteiger partial charge in [-0.05, 0) is 48.8 Å². The van der Waals surface area contributed by atoms with Gasteiger partial charge in [0.15, 0.2) is 0 Å². The fraction of sp³-hybridized carbons (Fsp3) is 0.382. The van der Waals surface area contributed by atoms with Crippen LogP contribution in [0.4, 0.5) is 4.79 Å². The molecule has 1 spiro atoms. The van der Waals surface area contributed by atoms with Crippen molar-refractivity contribution in [3.63, 3.8) is 0 Å². The van der Waals surface area contributed by atoms with Crippen LogP contribution < -0.4 is 10.6 Å². The van der Waals surface area contributed by atoms with Gasteiger partial charge in [0, 0.05) is 32.7 Å². The molecule has 3 aromatic rings. The third-order valence-electron chi connectivity index (χ3n) is 8.39. The van der Waals surface area contributed by atoms with Crippen LogP contribution in [-0.2, 0) is 33.9 Å². The number of piperazine rings is 1. The van der Waals surface area contributed by atoms with Gasteiger partial charge in [0.05, 0.1) is 0 Å². The van der Waals surface area contributed by atoms with Crippen LogP contribution in [0.5, 0.6) is 0 Å². The summed E-state index contributed by atoms with van der Waals surface area (Å²) in [6.45, 7) is 3.41. The van der Waals surface area contributed by atoms with E-state index in [4.69, 9.17) is 4.74 Å². The summed E-state index contributed by atoms with van der Waals surface area (Å²) in [5.41, 5.74) is 2.37. The SMILES string of the molecule is O=C(NCCC[C@@H]1NC(=O)C2(CCN(CCc3ccccc3)CC2)N(Cc2ccccc2)C1=O)OCc1ccccc1. The molecule has 0 bridgehead atoms. The lowest BCUT2D eigenvalue weighted by atomic mass is 9.81. The molecule has 2 heterocycles. The molecular formula is C34H40N4O4. The van der Waals surface area contributed by atoms with E-state index in [9.17, 15) is 14.4 Å². The third-order valence-corrected chi connectivity index (χ3v) is 8.39. The van der Waals surface area contributed by atoms with Gasteiger partial charge in [0.2, 0.25) is 11.8 Å². The molecule has 0 radical (unpaired) electrons. The first-order chi connectivity index (χ1) is 20.5. The summed E-state index contributed by atoms with van der Waals surface area (Å²) in [6.07, 6.45) is 2.65. The standard InChI is InChI=1S/C34H40N4O4/c39-31-30(17-10-21-35-33(41)42-26-29-15-8-3-9-16-29)36-32(40)34(38(31)25-28-13-6-2-7-14-28)19-23-37(24-20-34)22-18-27-11-4-1-5-12-27/h1-9,11-16,30H,10,17-26H2,(H,35,41)(H,36,40)/t30-/m0/s1. The zero-order chi connectivity index (χ0) is 29.2. The normalized spacial score (nSPS) is 18.5. The van der Waals surface area contributed by atoms with Gasteiger partial charge in [-0.15, -0.1) is 0 Å². The number of likely N-dealkylation sites (tertiary alicyclic amines) is 1. The highest BCUT2D eigenvalue weighted by molar-refractivity contribution is 6.00. The number of carbonyl (C=O) groups excluding carboxylic acids is 3. The third kappa shape index (κ3) is 7.36. The van der Waals surface area contributed by atoms with E-state index in [0.29, 0.717) is 38.8 Å². The lowest BCUT2D eigenvalue weighted by molar-refractivity contribution is -0.162. The number of amides is 3. The topological polar surface area (TPSA) is 91.0 Å². The summed E-state index contributed by atoms with van der Waals surface area (Å²) in [5.74, 6) is -0.121. The molecule has 2 saturated heterocycles. The van der Waals surface area contributed by atoms with Crippen molar-refractivity contribution >= 4 is 17.9 Å². The highest BCUT2D eigenvalue weighted by Gasteiger charge is 2.53. The maximum Gasteiger partial charge on any atom is 0.407 e. The molecule has 2 fully saturated rings. The van der Waals surface area contributed by atoms with Crippen LogP contribution >= 0.6 is 0 Å². The smallest absolute Gasteiger partial charge is 0.407 e. The summed E-state index contributed by atoms with van der Waals surface area (Å²) >= 11 is 0. The summed E-state index contributed by atoms with van der Waals surface area (Å²) in [4.78, 5) is 44.0. The summed E-state index contributed by atoms with van der Waals surface area (Å²) in [6, 6.07) is 29.2. The predicted octanol–water partition coefficient (Wildman–Crippen LogP) is 4.30. The van der Waals surface area contributed by atoms with Gasteiger partial charge in [-0.2, -0.15) is 0 Å². The number of nitrogens with zero attached hydrogens (tertiary/aromatic N) is 2. The fourth-order valence-electron chi connectivity index (χ4n) is 5.91. The van der Waals surface area contributed by atoms with E-state index in [2.05, 4.69) is 39.8 Å². The Morgan fingerprint density at radius 1 is 0.857 bits per heavy atom. The van der Waals surface area contributed by atoms with Crippen LogP contribution in [0.3, 0.4) is 0 Å². The second kappa shape index (κ2) is 14.1. The molecule has 8 nitrogen and oxygen atoms in total. The molecule has 0 saturated carbocycles. The van der Waals surface area contributed by atoms with Crippen LogP contribution in [0.15, 0.2) is 91.0 Å². The van der Waals surface area contributed by atoms with Gasteiger partial charge in [0.25, 0.3) is 0 Å². The molecule has 8 heteroatoms. The number of rotatable bonds is 11. The number of benzene rings is 3. The van der Waals surface area contributed by atoms with E-state index in [1.54, 1.807) is 0 Å². The minimum absolute atomic E-state index is 0.0529. The van der Waals surface area contributed by atoms with E-state index in [1.807, 2.05) is 71.6 Å². The Kier molecular flexibility index (Phi) is 9.87. The molecule has 220 valence electrons. The average molecular weight is 569 g/mol. The highest BCUT2D eigenvalue weighted by Crippen LogP contribution is 2.35. The van der Waals surface area contributed by atoms with Crippen molar-refractivity contribution in [1.82, 2.24) is 20.4 Å². The van der Waals surface area contributed by atoms with Crippen molar-refractivity contribution < 1.29 is 19.1 Å². The molecular weight excluding hydrogens is 528 g/mol. The first-order valence-electron chi connectivity index (χ1n) is 14.9. The molecule has 3 amide bonds. The number of alkyl carbamates (subject to hydrolysis) is 1. The van der Waals surface area contributed by atoms with Crippen LogP contribution in [0, 0.1) is 0 Å². The number of hydrogen-bond acceptors (Lipinski definition) is 5. The van der Waals surface area contributed by atoms with Crippen LogP contribution in [0.2, 0.25) is 0 Å². The number of carbonyl (C=O) groups is 3. The van der Waals surface area contributed by atoms with E-state index < -0.39 is 17.7 Å². The van der Waals surface area contributed by atoms with Crippen LogP contribution in [-0.4, -0.2) is 65.5 Å². The van der Waals surface area contributed by atoms with Crippen molar-refractivity contribution in [2.45, 2.75) is 56.8 Å². The Hall–Kier alpha value is -4.17. The van der Waals surface area contributed by atoms with Gasteiger partial charge in [-0.25, -0.2) is 4.79 Å². The van der Waals surface area contributed by atoms with E-state index in [-0.39, 0.29) is 18.4 Å². The van der Waals surface area contributed by atoms with Gasteiger partial charge in [-0.3, -0.25) is 9.59 Å². The maximum atomic E-state index is 13.9. The Morgan fingerprint density at radius 3 is 2.10 bits per heavy atom. The summed E-state index contributed by atoms with van der Waals surface area (Å²) < 4.78 is 5.27. The van der Waals surface area contributed by atoms with E-state index in [1.165, 1.54) is 5.56 Å². The van der Waals surface area contributed by atoms with Crippen molar-refractivity contribution in [3.05, 3.63) is 108 Å². The first kappa shape index (κ1) is 29.3. The zero-order valence-electron chi connectivity index (χ0n) is 24.0. The van der Waals surface area contributed by atoms with Gasteiger partial charge in [-0.1, -0.05) is 91.0 Å². The van der Waals surface area contributed by atoms with Crippen molar-refractivity contribution in [2.75, 3.05) is 26.2 Å². The number of hydrogen-bond donors (Lipinski definition) is 2. The van der Waals surface area contributed by atoms with Crippen molar-refractivity contribution in [1.29, 1.82) is 0 Å². The van der Waals surface area contributed by atoms with Crippen LogP contribution in [0.1, 0.15) is 42.4 Å². The number of piperidine rings is 1. The second-order valence-electron chi connectivity index (χ2n) is 11.2. The Morgan fingerprint density at radius 2 is 1.45 bits per heavy atom. The van der Waals surface area contributed by atoms with E-state index >= 15 is 0 Å². The lowest BCUT2D eigenvalue weighted by Gasteiger charge is -2.51. The van der Waals surface area contributed by atoms with Crippen LogP contribution in [0.25, 0.3) is 0 Å². The predicted molar refractivity (Wildman–Crippen MR) is 161 cm³/mol. The zero-order valence-corrected chi connectivity index (χ0v) is 24.0. The minimum Gasteiger partial charge on any atom is -0.445 e. The van der Waals surface area contributed by atoms with Crippen molar-refractivity contribution in [2.24, 2.45) is 0 Å². The second-order valence-corrected chi connectivity index (χ2v) is 11.2. The molecule has 2 aliphatic heterocycles. The first-order valence-corrected chi connectivity index (χ1v) is 14.9. The molecule has 1 atom stereocenters. The van der Waals surface area contributed by atoms with Gasteiger partial charge < -0.3 is 25.2 Å². The Labute approximate surface area is 248 Å². The summed E-state index contributed by atoms with van der Waals surface area (Å²) in [5, 5.41) is 5.81. The minimum atomic E-state index is -0.855. The quantitative estimate of drug-likeness (QED) is 0.337. The summed E-state index contributed by atoms with van der Waals surface area (Å²) in [7, 11) is 0. The average Bonchev–Trinajstić information content (AvgIpc) is 3.04. The number of ether oxygens (including phenoxy) is 1. The molecule has 2 aliphatic rings. The molecule has 3 aromatic carbocycles. The number of nitrogens with one attached hydrogen (secondary N) is 2. The molecule has 42 heavy (non-hydrogen) atoms. The molecule has 0 aromatic heterocycles.